The van der Waals surface area contributed by atoms with Gasteiger partial charge >= 0.3 is 0 Å². The Hall–Kier alpha value is -0.830. The molecule has 3 heteroatoms. The van der Waals surface area contributed by atoms with E-state index in [0.717, 1.165) is 36.0 Å². The molecule has 1 amide bonds. The van der Waals surface area contributed by atoms with Gasteiger partial charge in [0.1, 0.15) is 0 Å². The lowest BCUT2D eigenvalue weighted by atomic mass is 10.2. The molecule has 0 saturated carbocycles. The minimum Gasteiger partial charge on any atom is -0.339 e. The smallest absolute Gasteiger partial charge is 0.253 e. The van der Waals surface area contributed by atoms with E-state index < -0.39 is 0 Å². The summed E-state index contributed by atoms with van der Waals surface area (Å²) in [5.41, 5.74) is 0.779. The van der Waals surface area contributed by atoms with Gasteiger partial charge in [-0.3, -0.25) is 4.79 Å². The van der Waals surface area contributed by atoms with Gasteiger partial charge < -0.3 is 4.90 Å². The fourth-order valence-corrected chi connectivity index (χ4v) is 2.12. The topological polar surface area (TPSA) is 20.3 Å². The molecule has 74 valence electrons. The highest BCUT2D eigenvalue weighted by Crippen LogP contribution is 2.16. The summed E-state index contributed by atoms with van der Waals surface area (Å²) in [4.78, 5) is 13.8. The highest BCUT2D eigenvalue weighted by molar-refractivity contribution is 9.10. The van der Waals surface area contributed by atoms with Crippen LogP contribution in [0.1, 0.15) is 23.2 Å². The first-order valence-electron chi connectivity index (χ1n) is 4.82. The normalized spacial score (nSPS) is 15.9. The maximum atomic E-state index is 11.9. The summed E-state index contributed by atoms with van der Waals surface area (Å²) in [5, 5.41) is 0. The van der Waals surface area contributed by atoms with Crippen LogP contribution in [-0.2, 0) is 0 Å². The van der Waals surface area contributed by atoms with E-state index in [1.165, 1.54) is 0 Å². The van der Waals surface area contributed by atoms with Gasteiger partial charge in [0.15, 0.2) is 0 Å². The number of halogens is 1. The lowest BCUT2D eigenvalue weighted by Crippen LogP contribution is -2.27. The molecule has 14 heavy (non-hydrogen) atoms. The standard InChI is InChI=1S/C11H12BrNO/c12-10-5-3-4-9(8-10)11(14)13-6-1-2-7-13/h3-5,8H,1-2,6-7H2. The molecule has 0 spiro atoms. The third-order valence-corrected chi connectivity index (χ3v) is 2.96. The second kappa shape index (κ2) is 4.13. The van der Waals surface area contributed by atoms with Crippen LogP contribution in [0.2, 0.25) is 0 Å². The van der Waals surface area contributed by atoms with Crippen LogP contribution in [0, 0.1) is 0 Å². The van der Waals surface area contributed by atoms with Crippen LogP contribution in [0.4, 0.5) is 0 Å². The maximum Gasteiger partial charge on any atom is 0.253 e. The van der Waals surface area contributed by atoms with E-state index in [-0.39, 0.29) is 5.91 Å². The molecule has 0 radical (unpaired) electrons. The van der Waals surface area contributed by atoms with Crippen LogP contribution in [0.5, 0.6) is 0 Å². The number of carbonyl (C=O) groups is 1. The number of hydrogen-bond donors (Lipinski definition) is 0. The van der Waals surface area contributed by atoms with Crippen LogP contribution in [0.25, 0.3) is 0 Å². The number of benzene rings is 1. The zero-order chi connectivity index (χ0) is 9.97. The van der Waals surface area contributed by atoms with Crippen molar-refractivity contribution in [1.29, 1.82) is 0 Å². The Labute approximate surface area is 92.0 Å². The third kappa shape index (κ3) is 1.98. The van der Waals surface area contributed by atoms with E-state index in [0.29, 0.717) is 0 Å². The number of likely N-dealkylation sites (tertiary alicyclic amines) is 1. The number of amides is 1. The molecule has 1 heterocycles. The van der Waals surface area contributed by atoms with E-state index in [1.807, 2.05) is 29.2 Å². The van der Waals surface area contributed by atoms with Gasteiger partial charge in [0.05, 0.1) is 0 Å². The second-order valence-corrected chi connectivity index (χ2v) is 4.43. The summed E-state index contributed by atoms with van der Waals surface area (Å²) in [7, 11) is 0. The van der Waals surface area contributed by atoms with Crippen LogP contribution in [0.3, 0.4) is 0 Å². The Balaban J connectivity index is 2.17. The summed E-state index contributed by atoms with van der Waals surface area (Å²) in [6, 6.07) is 7.57. The molecule has 0 bridgehead atoms. The van der Waals surface area contributed by atoms with Crippen molar-refractivity contribution in [3.05, 3.63) is 34.3 Å². The van der Waals surface area contributed by atoms with Crippen molar-refractivity contribution < 1.29 is 4.79 Å². The largest absolute Gasteiger partial charge is 0.339 e. The Morgan fingerprint density at radius 1 is 1.29 bits per heavy atom. The lowest BCUT2D eigenvalue weighted by Gasteiger charge is -2.14. The van der Waals surface area contributed by atoms with Crippen molar-refractivity contribution in [3.8, 4) is 0 Å². The lowest BCUT2D eigenvalue weighted by molar-refractivity contribution is 0.0793. The highest BCUT2D eigenvalue weighted by atomic mass is 79.9. The number of rotatable bonds is 1. The van der Waals surface area contributed by atoms with Crippen molar-refractivity contribution in [2.45, 2.75) is 12.8 Å². The van der Waals surface area contributed by atoms with E-state index in [4.69, 9.17) is 0 Å². The fraction of sp³-hybridized carbons (Fsp3) is 0.364. The average molecular weight is 254 g/mol. The van der Waals surface area contributed by atoms with Crippen molar-refractivity contribution in [1.82, 2.24) is 4.90 Å². The molecule has 0 unspecified atom stereocenters. The van der Waals surface area contributed by atoms with Crippen LogP contribution in [0.15, 0.2) is 28.7 Å². The van der Waals surface area contributed by atoms with Crippen LogP contribution in [-0.4, -0.2) is 23.9 Å². The molecule has 2 rings (SSSR count). The van der Waals surface area contributed by atoms with Gasteiger partial charge in [-0.15, -0.1) is 0 Å². The molecule has 1 aromatic carbocycles. The summed E-state index contributed by atoms with van der Waals surface area (Å²) < 4.78 is 0.961. The van der Waals surface area contributed by atoms with Crippen molar-refractivity contribution in [2.75, 3.05) is 13.1 Å². The SMILES string of the molecule is O=C(c1cccc(Br)c1)N1CCCC1. The van der Waals surface area contributed by atoms with Crippen molar-refractivity contribution in [3.63, 3.8) is 0 Å². The van der Waals surface area contributed by atoms with Gasteiger partial charge in [0, 0.05) is 23.1 Å². The quantitative estimate of drug-likeness (QED) is 0.754. The molecule has 1 fully saturated rings. The first-order chi connectivity index (χ1) is 6.77. The second-order valence-electron chi connectivity index (χ2n) is 3.51. The molecule has 1 aromatic rings. The van der Waals surface area contributed by atoms with Gasteiger partial charge in [-0.25, -0.2) is 0 Å². The van der Waals surface area contributed by atoms with E-state index in [2.05, 4.69) is 15.9 Å². The Morgan fingerprint density at radius 3 is 2.64 bits per heavy atom. The van der Waals surface area contributed by atoms with Gasteiger partial charge in [-0.2, -0.15) is 0 Å². The number of carbonyl (C=O) groups excluding carboxylic acids is 1. The van der Waals surface area contributed by atoms with E-state index in [9.17, 15) is 4.79 Å². The van der Waals surface area contributed by atoms with Gasteiger partial charge in [-0.1, -0.05) is 22.0 Å². The zero-order valence-corrected chi connectivity index (χ0v) is 9.46. The minimum absolute atomic E-state index is 0.156. The molecule has 2 nitrogen and oxygen atoms in total. The van der Waals surface area contributed by atoms with Crippen LogP contribution < -0.4 is 0 Å². The molecule has 0 atom stereocenters. The zero-order valence-electron chi connectivity index (χ0n) is 7.87. The van der Waals surface area contributed by atoms with Crippen molar-refractivity contribution >= 4 is 21.8 Å². The summed E-state index contributed by atoms with van der Waals surface area (Å²) in [5.74, 6) is 0.156. The fourth-order valence-electron chi connectivity index (χ4n) is 1.72. The number of nitrogens with zero attached hydrogens (tertiary/aromatic N) is 1. The summed E-state index contributed by atoms with van der Waals surface area (Å²) in [6.07, 6.45) is 2.28. The maximum absolute atomic E-state index is 11.9. The predicted octanol–water partition coefficient (Wildman–Crippen LogP) is 2.69. The summed E-state index contributed by atoms with van der Waals surface area (Å²) >= 11 is 3.37. The first kappa shape index (κ1) is 9.71. The van der Waals surface area contributed by atoms with Crippen molar-refractivity contribution in [2.24, 2.45) is 0 Å². The highest BCUT2D eigenvalue weighted by Gasteiger charge is 2.19. The van der Waals surface area contributed by atoms with E-state index >= 15 is 0 Å². The molecular formula is C11H12BrNO. The van der Waals surface area contributed by atoms with Crippen LogP contribution >= 0.6 is 15.9 Å². The molecule has 1 saturated heterocycles. The predicted molar refractivity (Wildman–Crippen MR) is 59.3 cm³/mol. The monoisotopic (exact) mass is 253 g/mol. The molecule has 1 aliphatic rings. The summed E-state index contributed by atoms with van der Waals surface area (Å²) in [6.45, 7) is 1.82. The Morgan fingerprint density at radius 2 is 2.00 bits per heavy atom. The molecule has 0 aromatic heterocycles. The third-order valence-electron chi connectivity index (χ3n) is 2.46. The Bertz CT molecular complexity index is 345. The molecule has 0 aliphatic carbocycles. The van der Waals surface area contributed by atoms with E-state index in [1.54, 1.807) is 0 Å². The number of hydrogen-bond acceptors (Lipinski definition) is 1. The first-order valence-corrected chi connectivity index (χ1v) is 5.61. The minimum atomic E-state index is 0.156. The van der Waals surface area contributed by atoms with Gasteiger partial charge in [0.25, 0.3) is 5.91 Å². The molecular weight excluding hydrogens is 242 g/mol. The average Bonchev–Trinajstić information content (AvgIpc) is 2.69. The molecule has 1 aliphatic heterocycles. The van der Waals surface area contributed by atoms with Gasteiger partial charge in [-0.05, 0) is 31.0 Å². The van der Waals surface area contributed by atoms with Gasteiger partial charge in [0.2, 0.25) is 0 Å². The Kier molecular flexibility index (Phi) is 2.87. The molecule has 0 N–H and O–H groups in total.